The minimum absolute atomic E-state index is 0.0415. The number of carbonyl (C=O) groups excluding carboxylic acids is 1. The normalized spacial score (nSPS) is 18.6. The van der Waals surface area contributed by atoms with Crippen LogP contribution in [-0.2, 0) is 11.2 Å². The molecule has 1 aliphatic heterocycles. The Morgan fingerprint density at radius 2 is 2.16 bits per heavy atom. The van der Waals surface area contributed by atoms with E-state index in [1.165, 1.54) is 11.1 Å². The first-order valence-electron chi connectivity index (χ1n) is 6.73. The maximum Gasteiger partial charge on any atom is 0.261 e. The van der Waals surface area contributed by atoms with Crippen molar-refractivity contribution in [3.8, 4) is 5.75 Å². The summed E-state index contributed by atoms with van der Waals surface area (Å²) in [4.78, 5) is 12.1. The number of nitrogens with one attached hydrogen (secondary N) is 1. The van der Waals surface area contributed by atoms with Crippen LogP contribution in [0.2, 0.25) is 0 Å². The molecule has 19 heavy (non-hydrogen) atoms. The van der Waals surface area contributed by atoms with Crippen molar-refractivity contribution in [1.29, 1.82) is 0 Å². The Morgan fingerprint density at radius 1 is 1.47 bits per heavy atom. The molecule has 0 aromatic heterocycles. The summed E-state index contributed by atoms with van der Waals surface area (Å²) in [6.45, 7) is 5.98. The third-order valence-electron chi connectivity index (χ3n) is 3.70. The maximum absolute atomic E-state index is 12.1. The molecular weight excluding hydrogens is 242 g/mol. The number of benzene rings is 1. The van der Waals surface area contributed by atoms with Gasteiger partial charge < -0.3 is 15.2 Å². The van der Waals surface area contributed by atoms with E-state index in [2.05, 4.69) is 18.3 Å². The molecule has 0 radical (unpaired) electrons. The largest absolute Gasteiger partial charge is 0.480 e. The lowest BCUT2D eigenvalue weighted by atomic mass is 10.0. The highest BCUT2D eigenvalue weighted by Crippen LogP contribution is 2.31. The molecule has 0 fully saturated rings. The predicted octanol–water partition coefficient (Wildman–Crippen LogP) is 1.49. The molecule has 1 aliphatic rings. The molecule has 1 aromatic rings. The monoisotopic (exact) mass is 263 g/mol. The second kappa shape index (κ2) is 5.61. The summed E-state index contributed by atoms with van der Waals surface area (Å²) in [5.41, 5.74) is 3.46. The summed E-state index contributed by atoms with van der Waals surface area (Å²) < 4.78 is 5.70. The zero-order valence-corrected chi connectivity index (χ0v) is 11.7. The highest BCUT2D eigenvalue weighted by molar-refractivity contribution is 5.82. The number of rotatable bonds is 4. The van der Waals surface area contributed by atoms with E-state index in [9.17, 15) is 4.79 Å². The fourth-order valence-electron chi connectivity index (χ4n) is 2.23. The maximum atomic E-state index is 12.1. The standard InChI is InChI=1S/C15H21NO3/c1-4-12(8-17)16-15(18)14-7-11-5-9(2)10(3)6-13(11)19-14/h5-6,12,14,17H,4,7-8H2,1-3H3,(H,16,18). The summed E-state index contributed by atoms with van der Waals surface area (Å²) >= 11 is 0. The van der Waals surface area contributed by atoms with Gasteiger partial charge in [-0.05, 0) is 43.0 Å². The van der Waals surface area contributed by atoms with Crippen LogP contribution < -0.4 is 10.1 Å². The average Bonchev–Trinajstić information content (AvgIpc) is 2.79. The van der Waals surface area contributed by atoms with Gasteiger partial charge in [0.2, 0.25) is 0 Å². The minimum Gasteiger partial charge on any atom is -0.480 e. The molecule has 4 nitrogen and oxygen atoms in total. The van der Waals surface area contributed by atoms with Gasteiger partial charge in [0.1, 0.15) is 5.75 Å². The van der Waals surface area contributed by atoms with E-state index in [4.69, 9.17) is 9.84 Å². The number of aryl methyl sites for hydroxylation is 2. The van der Waals surface area contributed by atoms with Crippen molar-refractivity contribution in [1.82, 2.24) is 5.32 Å². The van der Waals surface area contributed by atoms with Crippen LogP contribution in [0.5, 0.6) is 5.75 Å². The van der Waals surface area contributed by atoms with E-state index in [-0.39, 0.29) is 18.6 Å². The fraction of sp³-hybridized carbons (Fsp3) is 0.533. The van der Waals surface area contributed by atoms with E-state index >= 15 is 0 Å². The Hall–Kier alpha value is -1.55. The van der Waals surface area contributed by atoms with Gasteiger partial charge in [-0.2, -0.15) is 0 Å². The molecule has 1 heterocycles. The molecule has 0 spiro atoms. The Balaban J connectivity index is 2.05. The van der Waals surface area contributed by atoms with Gasteiger partial charge in [-0.15, -0.1) is 0 Å². The van der Waals surface area contributed by atoms with Gasteiger partial charge in [-0.3, -0.25) is 4.79 Å². The van der Waals surface area contributed by atoms with Crippen LogP contribution in [0.4, 0.5) is 0 Å². The number of hydrogen-bond acceptors (Lipinski definition) is 3. The first-order valence-corrected chi connectivity index (χ1v) is 6.73. The SMILES string of the molecule is CCC(CO)NC(=O)C1Cc2cc(C)c(C)cc2O1. The lowest BCUT2D eigenvalue weighted by Crippen LogP contribution is -2.44. The van der Waals surface area contributed by atoms with E-state index < -0.39 is 6.10 Å². The molecule has 2 atom stereocenters. The van der Waals surface area contributed by atoms with Crippen molar-refractivity contribution < 1.29 is 14.6 Å². The molecule has 1 aromatic carbocycles. The zero-order chi connectivity index (χ0) is 14.0. The lowest BCUT2D eigenvalue weighted by Gasteiger charge is -2.17. The van der Waals surface area contributed by atoms with Crippen molar-refractivity contribution in [3.05, 3.63) is 28.8 Å². The molecule has 0 saturated heterocycles. The van der Waals surface area contributed by atoms with Crippen LogP contribution >= 0.6 is 0 Å². The van der Waals surface area contributed by atoms with Gasteiger partial charge in [-0.25, -0.2) is 0 Å². The van der Waals surface area contributed by atoms with Crippen LogP contribution in [-0.4, -0.2) is 29.8 Å². The number of aliphatic hydroxyl groups is 1. The molecule has 0 aliphatic carbocycles. The molecular formula is C15H21NO3. The van der Waals surface area contributed by atoms with Crippen molar-refractivity contribution in [2.24, 2.45) is 0 Å². The quantitative estimate of drug-likeness (QED) is 0.865. The summed E-state index contributed by atoms with van der Waals surface area (Å²) in [7, 11) is 0. The summed E-state index contributed by atoms with van der Waals surface area (Å²) in [5, 5.41) is 11.9. The highest BCUT2D eigenvalue weighted by Gasteiger charge is 2.30. The Labute approximate surface area is 113 Å². The van der Waals surface area contributed by atoms with Crippen molar-refractivity contribution in [2.45, 2.75) is 45.8 Å². The Kier molecular flexibility index (Phi) is 4.10. The second-order valence-electron chi connectivity index (χ2n) is 5.15. The number of carbonyl (C=O) groups is 1. The predicted molar refractivity (Wildman–Crippen MR) is 73.3 cm³/mol. The first-order chi connectivity index (χ1) is 9.05. The van der Waals surface area contributed by atoms with Crippen LogP contribution in [0.1, 0.15) is 30.0 Å². The first kappa shape index (κ1) is 13.9. The second-order valence-corrected chi connectivity index (χ2v) is 5.15. The number of fused-ring (bicyclic) bond motifs is 1. The molecule has 0 saturated carbocycles. The van der Waals surface area contributed by atoms with Gasteiger partial charge in [0.25, 0.3) is 5.91 Å². The topological polar surface area (TPSA) is 58.6 Å². The number of hydrogen-bond donors (Lipinski definition) is 2. The summed E-state index contributed by atoms with van der Waals surface area (Å²) in [6, 6.07) is 3.88. The molecule has 2 N–H and O–H groups in total. The molecule has 2 unspecified atom stereocenters. The third-order valence-corrected chi connectivity index (χ3v) is 3.70. The number of ether oxygens (including phenoxy) is 1. The lowest BCUT2D eigenvalue weighted by molar-refractivity contribution is -0.128. The number of aliphatic hydroxyl groups excluding tert-OH is 1. The summed E-state index contributed by atoms with van der Waals surface area (Å²) in [6.07, 6.45) is 0.835. The van der Waals surface area contributed by atoms with Gasteiger partial charge in [0.05, 0.1) is 12.6 Å². The number of amides is 1. The van der Waals surface area contributed by atoms with Crippen LogP contribution in [0.15, 0.2) is 12.1 Å². The van der Waals surface area contributed by atoms with Crippen molar-refractivity contribution >= 4 is 5.91 Å². The fourth-order valence-corrected chi connectivity index (χ4v) is 2.23. The van der Waals surface area contributed by atoms with E-state index in [1.807, 2.05) is 19.9 Å². The third kappa shape index (κ3) is 2.89. The Morgan fingerprint density at radius 3 is 2.79 bits per heavy atom. The van der Waals surface area contributed by atoms with Crippen LogP contribution in [0, 0.1) is 13.8 Å². The smallest absolute Gasteiger partial charge is 0.261 e. The molecule has 1 amide bonds. The van der Waals surface area contributed by atoms with E-state index in [1.54, 1.807) is 0 Å². The van der Waals surface area contributed by atoms with Gasteiger partial charge in [-0.1, -0.05) is 13.0 Å². The minimum atomic E-state index is -0.475. The average molecular weight is 263 g/mol. The molecule has 0 bridgehead atoms. The van der Waals surface area contributed by atoms with Gasteiger partial charge >= 0.3 is 0 Å². The molecule has 2 rings (SSSR count). The molecule has 4 heteroatoms. The van der Waals surface area contributed by atoms with Crippen LogP contribution in [0.3, 0.4) is 0 Å². The zero-order valence-electron chi connectivity index (χ0n) is 11.7. The highest BCUT2D eigenvalue weighted by atomic mass is 16.5. The van der Waals surface area contributed by atoms with E-state index in [0.29, 0.717) is 12.8 Å². The summed E-state index contributed by atoms with van der Waals surface area (Å²) in [5.74, 6) is 0.660. The van der Waals surface area contributed by atoms with Crippen molar-refractivity contribution in [2.75, 3.05) is 6.61 Å². The Bertz CT molecular complexity index is 450. The van der Waals surface area contributed by atoms with Crippen molar-refractivity contribution in [3.63, 3.8) is 0 Å². The molecule has 104 valence electrons. The van der Waals surface area contributed by atoms with E-state index in [0.717, 1.165) is 11.3 Å². The van der Waals surface area contributed by atoms with Crippen LogP contribution in [0.25, 0.3) is 0 Å². The van der Waals surface area contributed by atoms with Gasteiger partial charge in [0, 0.05) is 6.42 Å². The van der Waals surface area contributed by atoms with Gasteiger partial charge in [0.15, 0.2) is 6.10 Å².